The number of hydrogen-bond acceptors (Lipinski definition) is 3. The highest BCUT2D eigenvalue weighted by Gasteiger charge is 2.16. The molecule has 5 nitrogen and oxygen atoms in total. The number of rotatable bonds is 5. The molecule has 5 heteroatoms. The number of likely N-dealkylation sites (N-methyl/N-ethyl adjacent to an activating group) is 1. The molecular weight excluding hydrogens is 218 g/mol. The lowest BCUT2D eigenvalue weighted by Gasteiger charge is -2.23. The fourth-order valence-corrected chi connectivity index (χ4v) is 1.88. The maximum Gasteiger partial charge on any atom is 0.241 e. The van der Waals surface area contributed by atoms with Gasteiger partial charge in [-0.1, -0.05) is 6.42 Å². The normalized spacial score (nSPS) is 19.8. The number of nitrogens with zero attached hydrogens (tertiary/aromatic N) is 1. The molecule has 1 fully saturated rings. The Balaban J connectivity index is 2.18. The van der Waals surface area contributed by atoms with Gasteiger partial charge in [-0.3, -0.25) is 9.59 Å². The van der Waals surface area contributed by atoms with E-state index in [9.17, 15) is 9.59 Å². The van der Waals surface area contributed by atoms with Gasteiger partial charge in [0.15, 0.2) is 0 Å². The van der Waals surface area contributed by atoms with Crippen LogP contribution in [0.3, 0.4) is 0 Å². The second kappa shape index (κ2) is 7.27. The summed E-state index contributed by atoms with van der Waals surface area (Å²) in [4.78, 5) is 24.7. The largest absolute Gasteiger partial charge is 0.347 e. The minimum absolute atomic E-state index is 0.0396. The first-order valence-electron chi connectivity index (χ1n) is 6.37. The smallest absolute Gasteiger partial charge is 0.241 e. The molecule has 0 aromatic carbocycles. The predicted molar refractivity (Wildman–Crippen MR) is 66.6 cm³/mol. The Bertz CT molecular complexity index is 262. The van der Waals surface area contributed by atoms with Crippen LogP contribution in [0.2, 0.25) is 0 Å². The SMILES string of the molecule is CCN(C)C(=O)CNC(=O)CC1CCCCN1. The first kappa shape index (κ1) is 14.0. The molecule has 1 rings (SSSR count). The van der Waals surface area contributed by atoms with Crippen molar-refractivity contribution in [2.45, 2.75) is 38.6 Å². The molecule has 0 saturated carbocycles. The summed E-state index contributed by atoms with van der Waals surface area (Å²) in [5.41, 5.74) is 0. The molecule has 1 saturated heterocycles. The quantitative estimate of drug-likeness (QED) is 0.718. The summed E-state index contributed by atoms with van der Waals surface area (Å²) < 4.78 is 0. The molecular formula is C12H23N3O2. The molecule has 2 N–H and O–H groups in total. The molecule has 1 unspecified atom stereocenters. The Morgan fingerprint density at radius 2 is 2.18 bits per heavy atom. The van der Waals surface area contributed by atoms with Crippen molar-refractivity contribution in [2.75, 3.05) is 26.7 Å². The molecule has 2 amide bonds. The van der Waals surface area contributed by atoms with Gasteiger partial charge in [0.1, 0.15) is 0 Å². The monoisotopic (exact) mass is 241 g/mol. The molecule has 98 valence electrons. The van der Waals surface area contributed by atoms with Gasteiger partial charge in [-0.05, 0) is 26.3 Å². The molecule has 17 heavy (non-hydrogen) atoms. The summed E-state index contributed by atoms with van der Waals surface area (Å²) in [5.74, 6) is -0.0836. The zero-order valence-corrected chi connectivity index (χ0v) is 10.8. The lowest BCUT2D eigenvalue weighted by atomic mass is 10.0. The van der Waals surface area contributed by atoms with Crippen LogP contribution in [0.15, 0.2) is 0 Å². The van der Waals surface area contributed by atoms with E-state index in [0.717, 1.165) is 13.0 Å². The fourth-order valence-electron chi connectivity index (χ4n) is 1.88. The van der Waals surface area contributed by atoms with E-state index < -0.39 is 0 Å². The summed E-state index contributed by atoms with van der Waals surface area (Å²) >= 11 is 0. The van der Waals surface area contributed by atoms with Crippen molar-refractivity contribution in [2.24, 2.45) is 0 Å². The van der Waals surface area contributed by atoms with Crippen molar-refractivity contribution in [1.82, 2.24) is 15.5 Å². The second-order valence-electron chi connectivity index (χ2n) is 4.54. The third kappa shape index (κ3) is 5.17. The molecule has 0 aromatic rings. The van der Waals surface area contributed by atoms with Gasteiger partial charge in [0.25, 0.3) is 0 Å². The van der Waals surface area contributed by atoms with E-state index in [4.69, 9.17) is 0 Å². The topological polar surface area (TPSA) is 61.4 Å². The minimum Gasteiger partial charge on any atom is -0.347 e. The number of carbonyl (C=O) groups excluding carboxylic acids is 2. The zero-order valence-electron chi connectivity index (χ0n) is 10.8. The predicted octanol–water partition coefficient (Wildman–Crippen LogP) is 0.113. The molecule has 0 radical (unpaired) electrons. The number of piperidine rings is 1. The number of hydrogen-bond donors (Lipinski definition) is 2. The van der Waals surface area contributed by atoms with Gasteiger partial charge >= 0.3 is 0 Å². The maximum absolute atomic E-state index is 11.6. The molecule has 1 heterocycles. The van der Waals surface area contributed by atoms with E-state index >= 15 is 0 Å². The Morgan fingerprint density at radius 1 is 1.41 bits per heavy atom. The van der Waals surface area contributed by atoms with Crippen LogP contribution in [0.5, 0.6) is 0 Å². The van der Waals surface area contributed by atoms with Gasteiger partial charge in [-0.2, -0.15) is 0 Å². The average Bonchev–Trinajstić information content (AvgIpc) is 2.36. The van der Waals surface area contributed by atoms with Crippen molar-refractivity contribution < 1.29 is 9.59 Å². The zero-order chi connectivity index (χ0) is 12.7. The summed E-state index contributed by atoms with van der Waals surface area (Å²) in [6.45, 7) is 3.68. The van der Waals surface area contributed by atoms with Crippen molar-refractivity contribution >= 4 is 11.8 Å². The van der Waals surface area contributed by atoms with Crippen LogP contribution in [0.4, 0.5) is 0 Å². The van der Waals surface area contributed by atoms with Crippen LogP contribution in [-0.2, 0) is 9.59 Å². The Hall–Kier alpha value is -1.10. The first-order valence-corrected chi connectivity index (χ1v) is 6.37. The van der Waals surface area contributed by atoms with Crippen molar-refractivity contribution in [3.63, 3.8) is 0 Å². The van der Waals surface area contributed by atoms with Crippen LogP contribution in [0.25, 0.3) is 0 Å². The van der Waals surface area contributed by atoms with E-state index in [0.29, 0.717) is 13.0 Å². The molecule has 1 aliphatic rings. The summed E-state index contributed by atoms with van der Waals surface area (Å²) in [5, 5.41) is 5.99. The average molecular weight is 241 g/mol. The van der Waals surface area contributed by atoms with Gasteiger partial charge in [0, 0.05) is 26.1 Å². The molecule has 1 aliphatic heterocycles. The number of carbonyl (C=O) groups is 2. The lowest BCUT2D eigenvalue weighted by Crippen LogP contribution is -2.42. The highest BCUT2D eigenvalue weighted by atomic mass is 16.2. The van der Waals surface area contributed by atoms with Gasteiger partial charge in [0.05, 0.1) is 6.54 Å². The lowest BCUT2D eigenvalue weighted by molar-refractivity contribution is -0.131. The van der Waals surface area contributed by atoms with Crippen molar-refractivity contribution in [3.8, 4) is 0 Å². The van der Waals surface area contributed by atoms with Gasteiger partial charge in [-0.25, -0.2) is 0 Å². The van der Waals surface area contributed by atoms with Crippen LogP contribution in [0, 0.1) is 0 Å². The number of amides is 2. The van der Waals surface area contributed by atoms with Crippen LogP contribution >= 0.6 is 0 Å². The molecule has 0 aliphatic carbocycles. The van der Waals surface area contributed by atoms with Crippen LogP contribution in [-0.4, -0.2) is 49.4 Å². The van der Waals surface area contributed by atoms with E-state index in [-0.39, 0.29) is 24.4 Å². The van der Waals surface area contributed by atoms with Crippen LogP contribution < -0.4 is 10.6 Å². The van der Waals surface area contributed by atoms with E-state index in [1.165, 1.54) is 12.8 Å². The fraction of sp³-hybridized carbons (Fsp3) is 0.833. The summed E-state index contributed by atoms with van der Waals surface area (Å²) in [6.07, 6.45) is 3.90. The Labute approximate surface area is 103 Å². The van der Waals surface area contributed by atoms with Gasteiger partial charge in [0.2, 0.25) is 11.8 Å². The molecule has 0 aromatic heterocycles. The third-order valence-electron chi connectivity index (χ3n) is 3.18. The van der Waals surface area contributed by atoms with Gasteiger partial charge in [-0.15, -0.1) is 0 Å². The highest BCUT2D eigenvalue weighted by Crippen LogP contribution is 2.09. The summed E-state index contributed by atoms with van der Waals surface area (Å²) in [7, 11) is 1.73. The van der Waals surface area contributed by atoms with E-state index in [1.807, 2.05) is 6.92 Å². The standard InChI is InChI=1S/C12H23N3O2/c1-3-15(2)12(17)9-14-11(16)8-10-6-4-5-7-13-10/h10,13H,3-9H2,1-2H3,(H,14,16). The molecule has 0 spiro atoms. The second-order valence-corrected chi connectivity index (χ2v) is 4.54. The Morgan fingerprint density at radius 3 is 2.76 bits per heavy atom. The van der Waals surface area contributed by atoms with E-state index in [2.05, 4.69) is 10.6 Å². The Kier molecular flexibility index (Phi) is 5.97. The van der Waals surface area contributed by atoms with Gasteiger partial charge < -0.3 is 15.5 Å². The highest BCUT2D eigenvalue weighted by molar-refractivity contribution is 5.84. The van der Waals surface area contributed by atoms with E-state index in [1.54, 1.807) is 11.9 Å². The first-order chi connectivity index (χ1) is 8.13. The molecule has 1 atom stereocenters. The van der Waals surface area contributed by atoms with Crippen molar-refractivity contribution in [1.29, 1.82) is 0 Å². The number of nitrogens with one attached hydrogen (secondary N) is 2. The maximum atomic E-state index is 11.6. The molecule has 0 bridgehead atoms. The van der Waals surface area contributed by atoms with Crippen molar-refractivity contribution in [3.05, 3.63) is 0 Å². The summed E-state index contributed by atoms with van der Waals surface area (Å²) in [6, 6.07) is 0.280. The minimum atomic E-state index is -0.0440. The van der Waals surface area contributed by atoms with Crippen LogP contribution in [0.1, 0.15) is 32.6 Å². The third-order valence-corrected chi connectivity index (χ3v) is 3.18.